The van der Waals surface area contributed by atoms with Crippen LogP contribution in [0.2, 0.25) is 0 Å². The van der Waals surface area contributed by atoms with Gasteiger partial charge in [0.2, 0.25) is 5.91 Å². The molecular formula is C15H23N3O3. The van der Waals surface area contributed by atoms with Crippen LogP contribution in [0.25, 0.3) is 0 Å². The summed E-state index contributed by atoms with van der Waals surface area (Å²) >= 11 is 0. The first-order valence-corrected chi connectivity index (χ1v) is 7.43. The van der Waals surface area contributed by atoms with E-state index < -0.39 is 5.97 Å². The summed E-state index contributed by atoms with van der Waals surface area (Å²) < 4.78 is 6.23. The summed E-state index contributed by atoms with van der Waals surface area (Å²) in [5.74, 6) is -0.586. The van der Waals surface area contributed by atoms with Gasteiger partial charge in [-0.1, -0.05) is 25.7 Å². The van der Waals surface area contributed by atoms with E-state index in [0.29, 0.717) is 11.4 Å². The second kappa shape index (κ2) is 7.15. The maximum atomic E-state index is 12.1. The Hall–Kier alpha value is -1.98. The number of amides is 1. The number of hydrogen-bond donors (Lipinski definition) is 2. The number of nitrogen functional groups attached to an aromatic ring is 1. The van der Waals surface area contributed by atoms with Gasteiger partial charge in [-0.2, -0.15) is 0 Å². The Morgan fingerprint density at radius 3 is 2.62 bits per heavy atom. The zero-order valence-corrected chi connectivity index (χ0v) is 12.4. The normalized spacial score (nSPS) is 16.2. The van der Waals surface area contributed by atoms with Crippen LogP contribution in [0.4, 0.5) is 5.69 Å². The Labute approximate surface area is 124 Å². The van der Waals surface area contributed by atoms with Crippen LogP contribution in [0.1, 0.15) is 49.0 Å². The number of hydrogen-bond acceptors (Lipinski definition) is 4. The first kappa shape index (κ1) is 15.4. The number of esters is 1. The molecule has 2 rings (SSSR count). The van der Waals surface area contributed by atoms with Crippen molar-refractivity contribution in [3.05, 3.63) is 18.0 Å². The van der Waals surface area contributed by atoms with Crippen LogP contribution in [-0.4, -0.2) is 29.6 Å². The lowest BCUT2D eigenvalue weighted by molar-refractivity contribution is -0.122. The van der Waals surface area contributed by atoms with E-state index in [0.717, 1.165) is 25.7 Å². The first-order valence-electron chi connectivity index (χ1n) is 7.43. The van der Waals surface area contributed by atoms with Crippen LogP contribution in [-0.2, 0) is 16.1 Å². The maximum Gasteiger partial charge on any atom is 0.354 e. The summed E-state index contributed by atoms with van der Waals surface area (Å²) in [5.41, 5.74) is 6.43. The van der Waals surface area contributed by atoms with Crippen molar-refractivity contribution in [3.63, 3.8) is 0 Å². The van der Waals surface area contributed by atoms with E-state index in [2.05, 4.69) is 5.32 Å². The third-order valence-electron chi connectivity index (χ3n) is 3.85. The Bertz CT molecular complexity index is 502. The Kier molecular flexibility index (Phi) is 5.25. The van der Waals surface area contributed by atoms with E-state index in [9.17, 15) is 9.59 Å². The SMILES string of the molecule is COC(=O)c1cc(N)cn1CC(=O)NC1CCCCCC1. The molecule has 1 aromatic heterocycles. The highest BCUT2D eigenvalue weighted by molar-refractivity contribution is 5.89. The van der Waals surface area contributed by atoms with E-state index in [4.69, 9.17) is 10.5 Å². The fraction of sp³-hybridized carbons (Fsp3) is 0.600. The molecule has 0 bridgehead atoms. The standard InChI is InChI=1S/C15H23N3O3/c1-21-15(20)13-8-11(16)9-18(13)10-14(19)17-12-6-4-2-3-5-7-12/h8-9,12H,2-7,10,16H2,1H3,(H,17,19). The van der Waals surface area contributed by atoms with E-state index in [-0.39, 0.29) is 18.5 Å². The molecule has 0 atom stereocenters. The zero-order chi connectivity index (χ0) is 15.2. The number of nitrogens with zero attached hydrogens (tertiary/aromatic N) is 1. The Balaban J connectivity index is 1.97. The molecule has 1 aromatic rings. The van der Waals surface area contributed by atoms with Gasteiger partial charge in [0.25, 0.3) is 0 Å². The highest BCUT2D eigenvalue weighted by Crippen LogP contribution is 2.17. The fourth-order valence-corrected chi connectivity index (χ4v) is 2.79. The predicted molar refractivity (Wildman–Crippen MR) is 79.8 cm³/mol. The molecule has 1 aliphatic carbocycles. The topological polar surface area (TPSA) is 86.3 Å². The van der Waals surface area contributed by atoms with Gasteiger partial charge in [-0.15, -0.1) is 0 Å². The molecule has 1 saturated carbocycles. The van der Waals surface area contributed by atoms with Crippen LogP contribution < -0.4 is 11.1 Å². The molecule has 0 spiro atoms. The second-order valence-electron chi connectivity index (χ2n) is 5.53. The summed E-state index contributed by atoms with van der Waals surface area (Å²) in [6.45, 7) is 0.0815. The lowest BCUT2D eigenvalue weighted by Gasteiger charge is -2.17. The fourth-order valence-electron chi connectivity index (χ4n) is 2.79. The molecular weight excluding hydrogens is 270 g/mol. The molecule has 0 aliphatic heterocycles. The van der Waals surface area contributed by atoms with Gasteiger partial charge >= 0.3 is 5.97 Å². The molecule has 21 heavy (non-hydrogen) atoms. The van der Waals surface area contributed by atoms with Gasteiger partial charge in [0, 0.05) is 12.2 Å². The third-order valence-corrected chi connectivity index (χ3v) is 3.85. The minimum absolute atomic E-state index is 0.0815. The molecule has 1 heterocycles. The number of carbonyl (C=O) groups is 2. The first-order chi connectivity index (χ1) is 10.1. The molecule has 6 nitrogen and oxygen atoms in total. The summed E-state index contributed by atoms with van der Waals surface area (Å²) in [6, 6.07) is 1.76. The molecule has 116 valence electrons. The highest BCUT2D eigenvalue weighted by atomic mass is 16.5. The van der Waals surface area contributed by atoms with Crippen molar-refractivity contribution < 1.29 is 14.3 Å². The largest absolute Gasteiger partial charge is 0.464 e. The number of carbonyl (C=O) groups excluding carboxylic acids is 2. The van der Waals surface area contributed by atoms with Gasteiger partial charge in [0.05, 0.1) is 12.8 Å². The molecule has 0 radical (unpaired) electrons. The van der Waals surface area contributed by atoms with Crippen LogP contribution in [0.3, 0.4) is 0 Å². The van der Waals surface area contributed by atoms with E-state index >= 15 is 0 Å². The number of rotatable bonds is 4. The number of nitrogens with one attached hydrogen (secondary N) is 1. The van der Waals surface area contributed by atoms with Crippen molar-refractivity contribution in [2.75, 3.05) is 12.8 Å². The quantitative estimate of drug-likeness (QED) is 0.653. The van der Waals surface area contributed by atoms with Crippen molar-refractivity contribution in [2.24, 2.45) is 0 Å². The Morgan fingerprint density at radius 2 is 2.00 bits per heavy atom. The molecule has 1 amide bonds. The summed E-state index contributed by atoms with van der Waals surface area (Å²) in [7, 11) is 1.31. The molecule has 0 saturated heterocycles. The van der Waals surface area contributed by atoms with Crippen LogP contribution in [0, 0.1) is 0 Å². The molecule has 0 unspecified atom stereocenters. The van der Waals surface area contributed by atoms with Crippen LogP contribution in [0.5, 0.6) is 0 Å². The van der Waals surface area contributed by atoms with Gasteiger partial charge < -0.3 is 20.4 Å². The lowest BCUT2D eigenvalue weighted by atomic mass is 10.1. The molecule has 0 aromatic carbocycles. The van der Waals surface area contributed by atoms with Gasteiger partial charge in [-0.25, -0.2) is 4.79 Å². The lowest BCUT2D eigenvalue weighted by Crippen LogP contribution is -2.37. The smallest absolute Gasteiger partial charge is 0.354 e. The van der Waals surface area contributed by atoms with Crippen molar-refractivity contribution in [3.8, 4) is 0 Å². The Morgan fingerprint density at radius 1 is 1.33 bits per heavy atom. The van der Waals surface area contributed by atoms with E-state index in [1.54, 1.807) is 6.20 Å². The average Bonchev–Trinajstić information content (AvgIpc) is 2.65. The predicted octanol–water partition coefficient (Wildman–Crippen LogP) is 1.70. The van der Waals surface area contributed by atoms with Gasteiger partial charge in [0.15, 0.2) is 0 Å². The summed E-state index contributed by atoms with van der Waals surface area (Å²) in [4.78, 5) is 23.8. The minimum atomic E-state index is -0.492. The van der Waals surface area contributed by atoms with Crippen LogP contribution in [0.15, 0.2) is 12.3 Å². The summed E-state index contributed by atoms with van der Waals surface area (Å²) in [6.07, 6.45) is 8.45. The van der Waals surface area contributed by atoms with Crippen molar-refractivity contribution in [1.29, 1.82) is 0 Å². The second-order valence-corrected chi connectivity index (χ2v) is 5.53. The molecule has 1 fully saturated rings. The number of anilines is 1. The van der Waals surface area contributed by atoms with Gasteiger partial charge in [0.1, 0.15) is 12.2 Å². The van der Waals surface area contributed by atoms with Crippen molar-refractivity contribution >= 4 is 17.6 Å². The monoisotopic (exact) mass is 293 g/mol. The van der Waals surface area contributed by atoms with E-state index in [1.807, 2.05) is 0 Å². The number of nitrogens with two attached hydrogens (primary N) is 1. The molecule has 3 N–H and O–H groups in total. The van der Waals surface area contributed by atoms with E-state index in [1.165, 1.54) is 30.6 Å². The zero-order valence-electron chi connectivity index (χ0n) is 12.4. The molecule has 1 aliphatic rings. The number of ether oxygens (including phenoxy) is 1. The highest BCUT2D eigenvalue weighted by Gasteiger charge is 2.18. The van der Waals surface area contributed by atoms with Gasteiger partial charge in [-0.3, -0.25) is 4.79 Å². The summed E-state index contributed by atoms with van der Waals surface area (Å²) in [5, 5.41) is 3.05. The number of aromatic nitrogens is 1. The van der Waals surface area contributed by atoms with Gasteiger partial charge in [-0.05, 0) is 18.9 Å². The minimum Gasteiger partial charge on any atom is -0.464 e. The average molecular weight is 293 g/mol. The van der Waals surface area contributed by atoms with Crippen LogP contribution >= 0.6 is 0 Å². The third kappa shape index (κ3) is 4.24. The van der Waals surface area contributed by atoms with Crippen molar-refractivity contribution in [1.82, 2.24) is 9.88 Å². The van der Waals surface area contributed by atoms with Crippen molar-refractivity contribution in [2.45, 2.75) is 51.1 Å². The molecule has 6 heteroatoms. The number of methoxy groups -OCH3 is 1. The maximum absolute atomic E-state index is 12.1.